The fourth-order valence-corrected chi connectivity index (χ4v) is 2.14. The molecule has 1 aromatic heterocycles. The van der Waals surface area contributed by atoms with E-state index in [1.165, 1.54) is 12.8 Å². The maximum Gasteiger partial charge on any atom is 0.136 e. The number of aryl methyl sites for hydroxylation is 1. The zero-order chi connectivity index (χ0) is 12.4. The lowest BCUT2D eigenvalue weighted by molar-refractivity contribution is 0.536. The van der Waals surface area contributed by atoms with Crippen LogP contribution in [0.4, 0.5) is 5.82 Å². The maximum atomic E-state index is 5.69. The lowest BCUT2D eigenvalue weighted by Crippen LogP contribution is -2.18. The van der Waals surface area contributed by atoms with Gasteiger partial charge in [-0.1, -0.05) is 19.1 Å². The van der Waals surface area contributed by atoms with Gasteiger partial charge >= 0.3 is 0 Å². The van der Waals surface area contributed by atoms with Crippen LogP contribution in [0.1, 0.15) is 31.0 Å². The standard InChI is InChI=1S/C13H19N3S/c1-8(10-4-5-10)7-15-13-11(12(14)17)6-3-9(2)16-13/h3,6,8,10H,4-5,7H2,1-2H3,(H2,14,17)(H,15,16). The van der Waals surface area contributed by atoms with Crippen LogP contribution in [0.25, 0.3) is 0 Å². The number of aromatic nitrogens is 1. The minimum Gasteiger partial charge on any atom is -0.389 e. The molecule has 17 heavy (non-hydrogen) atoms. The number of nitrogens with one attached hydrogen (secondary N) is 1. The van der Waals surface area contributed by atoms with Crippen molar-refractivity contribution in [1.29, 1.82) is 0 Å². The van der Waals surface area contributed by atoms with Crippen molar-refractivity contribution in [1.82, 2.24) is 4.98 Å². The van der Waals surface area contributed by atoms with E-state index in [9.17, 15) is 0 Å². The lowest BCUT2D eigenvalue weighted by atomic mass is 10.1. The summed E-state index contributed by atoms with van der Waals surface area (Å²) in [7, 11) is 0. The highest BCUT2D eigenvalue weighted by atomic mass is 32.1. The Hall–Kier alpha value is -1.16. The van der Waals surface area contributed by atoms with E-state index in [-0.39, 0.29) is 0 Å². The molecule has 92 valence electrons. The van der Waals surface area contributed by atoms with Gasteiger partial charge < -0.3 is 11.1 Å². The molecule has 1 aliphatic rings. The molecule has 0 radical (unpaired) electrons. The molecule has 0 aliphatic heterocycles. The quantitative estimate of drug-likeness (QED) is 0.787. The van der Waals surface area contributed by atoms with Crippen molar-refractivity contribution in [2.24, 2.45) is 17.6 Å². The van der Waals surface area contributed by atoms with E-state index in [1.807, 2.05) is 19.1 Å². The van der Waals surface area contributed by atoms with Gasteiger partial charge in [0.15, 0.2) is 0 Å². The number of hydrogen-bond acceptors (Lipinski definition) is 3. The van der Waals surface area contributed by atoms with Gasteiger partial charge in [-0.05, 0) is 43.7 Å². The van der Waals surface area contributed by atoms with Crippen LogP contribution in [0.3, 0.4) is 0 Å². The van der Waals surface area contributed by atoms with Crippen molar-refractivity contribution >= 4 is 23.0 Å². The first kappa shape index (κ1) is 12.3. The Morgan fingerprint density at radius 1 is 1.59 bits per heavy atom. The predicted octanol–water partition coefficient (Wildman–Crippen LogP) is 2.48. The normalized spacial score (nSPS) is 16.6. The Bertz CT molecular complexity index is 427. The summed E-state index contributed by atoms with van der Waals surface area (Å²) in [6, 6.07) is 3.87. The number of thiocarbonyl (C=S) groups is 1. The van der Waals surface area contributed by atoms with Crippen LogP contribution in [0.5, 0.6) is 0 Å². The molecule has 1 aromatic rings. The molecule has 0 aromatic carbocycles. The Kier molecular flexibility index (Phi) is 3.62. The zero-order valence-electron chi connectivity index (χ0n) is 10.4. The smallest absolute Gasteiger partial charge is 0.136 e. The Morgan fingerprint density at radius 3 is 2.88 bits per heavy atom. The number of nitrogens with two attached hydrogens (primary N) is 1. The molecule has 0 spiro atoms. The van der Waals surface area contributed by atoms with Gasteiger partial charge in [-0.2, -0.15) is 0 Å². The molecule has 4 heteroatoms. The predicted molar refractivity (Wildman–Crippen MR) is 75.2 cm³/mol. The summed E-state index contributed by atoms with van der Waals surface area (Å²) >= 11 is 5.03. The third-order valence-electron chi connectivity index (χ3n) is 3.32. The SMILES string of the molecule is Cc1ccc(C(N)=S)c(NCC(C)C2CC2)n1. The summed E-state index contributed by atoms with van der Waals surface area (Å²) < 4.78 is 0. The second-order valence-corrected chi connectivity index (χ2v) is 5.35. The molecule has 0 amide bonds. The van der Waals surface area contributed by atoms with Crippen LogP contribution in [0, 0.1) is 18.8 Å². The Balaban J connectivity index is 2.07. The maximum absolute atomic E-state index is 5.69. The molecule has 1 aliphatic carbocycles. The van der Waals surface area contributed by atoms with Gasteiger partial charge in [0.25, 0.3) is 0 Å². The first-order valence-electron chi connectivity index (χ1n) is 6.09. The molecule has 1 saturated carbocycles. The van der Waals surface area contributed by atoms with Gasteiger partial charge in [0.05, 0.1) is 5.56 Å². The van der Waals surface area contributed by atoms with Gasteiger partial charge in [0.1, 0.15) is 10.8 Å². The van der Waals surface area contributed by atoms with Gasteiger partial charge in [0.2, 0.25) is 0 Å². The third-order valence-corrected chi connectivity index (χ3v) is 3.54. The molecule has 2 rings (SSSR count). The molecule has 1 fully saturated rings. The van der Waals surface area contributed by atoms with Crippen molar-refractivity contribution in [2.45, 2.75) is 26.7 Å². The van der Waals surface area contributed by atoms with Gasteiger partial charge in [-0.25, -0.2) is 4.98 Å². The fraction of sp³-hybridized carbons (Fsp3) is 0.538. The number of rotatable bonds is 5. The highest BCUT2D eigenvalue weighted by Gasteiger charge is 2.27. The molecule has 1 atom stereocenters. The molecule has 1 heterocycles. The lowest BCUT2D eigenvalue weighted by Gasteiger charge is -2.14. The van der Waals surface area contributed by atoms with Crippen LogP contribution in [-0.4, -0.2) is 16.5 Å². The van der Waals surface area contributed by atoms with E-state index in [2.05, 4.69) is 17.2 Å². The highest BCUT2D eigenvalue weighted by molar-refractivity contribution is 7.80. The number of nitrogens with zero attached hydrogens (tertiary/aromatic N) is 1. The second-order valence-electron chi connectivity index (χ2n) is 4.91. The van der Waals surface area contributed by atoms with Gasteiger partial charge in [-0.3, -0.25) is 0 Å². The van der Waals surface area contributed by atoms with Gasteiger partial charge in [0, 0.05) is 12.2 Å². The van der Waals surface area contributed by atoms with Crippen molar-refractivity contribution in [3.8, 4) is 0 Å². The molecular weight excluding hydrogens is 230 g/mol. The average Bonchev–Trinajstić information content (AvgIpc) is 3.09. The van der Waals surface area contributed by atoms with E-state index >= 15 is 0 Å². The summed E-state index contributed by atoms with van der Waals surface area (Å²) in [5.41, 5.74) is 7.51. The van der Waals surface area contributed by atoms with Crippen LogP contribution in [0.2, 0.25) is 0 Å². The first-order valence-corrected chi connectivity index (χ1v) is 6.50. The van der Waals surface area contributed by atoms with Crippen LogP contribution >= 0.6 is 12.2 Å². The fourth-order valence-electron chi connectivity index (χ4n) is 1.98. The largest absolute Gasteiger partial charge is 0.389 e. The number of hydrogen-bond donors (Lipinski definition) is 2. The van der Waals surface area contributed by atoms with Crippen LogP contribution < -0.4 is 11.1 Å². The van der Waals surface area contributed by atoms with E-state index in [1.54, 1.807) is 0 Å². The van der Waals surface area contributed by atoms with Gasteiger partial charge in [-0.15, -0.1) is 0 Å². The molecule has 0 bridgehead atoms. The van der Waals surface area contributed by atoms with E-state index in [0.717, 1.165) is 29.5 Å². The van der Waals surface area contributed by atoms with E-state index in [0.29, 0.717) is 10.9 Å². The van der Waals surface area contributed by atoms with Crippen molar-refractivity contribution in [2.75, 3.05) is 11.9 Å². The van der Waals surface area contributed by atoms with Crippen molar-refractivity contribution in [3.63, 3.8) is 0 Å². The summed E-state index contributed by atoms with van der Waals surface area (Å²) in [4.78, 5) is 4.87. The van der Waals surface area contributed by atoms with E-state index in [4.69, 9.17) is 18.0 Å². The molecule has 1 unspecified atom stereocenters. The number of anilines is 1. The summed E-state index contributed by atoms with van der Waals surface area (Å²) in [5.74, 6) is 2.40. The summed E-state index contributed by atoms with van der Waals surface area (Å²) in [5, 5.41) is 3.38. The molecule has 0 saturated heterocycles. The van der Waals surface area contributed by atoms with Crippen LogP contribution in [0.15, 0.2) is 12.1 Å². The Labute approximate surface area is 108 Å². The average molecular weight is 249 g/mol. The monoisotopic (exact) mass is 249 g/mol. The first-order chi connectivity index (χ1) is 8.08. The molecule has 3 N–H and O–H groups in total. The Morgan fingerprint density at radius 2 is 2.29 bits per heavy atom. The minimum atomic E-state index is 0.402. The third kappa shape index (κ3) is 3.16. The molecule has 3 nitrogen and oxygen atoms in total. The van der Waals surface area contributed by atoms with Crippen molar-refractivity contribution in [3.05, 3.63) is 23.4 Å². The minimum absolute atomic E-state index is 0.402. The second kappa shape index (κ2) is 5.00. The summed E-state index contributed by atoms with van der Waals surface area (Å²) in [6.45, 7) is 5.19. The molecular formula is C13H19N3S. The topological polar surface area (TPSA) is 50.9 Å². The van der Waals surface area contributed by atoms with Crippen molar-refractivity contribution < 1.29 is 0 Å². The highest BCUT2D eigenvalue weighted by Crippen LogP contribution is 2.36. The zero-order valence-corrected chi connectivity index (χ0v) is 11.2. The number of pyridine rings is 1. The summed E-state index contributed by atoms with van der Waals surface area (Å²) in [6.07, 6.45) is 2.73. The van der Waals surface area contributed by atoms with E-state index < -0.39 is 0 Å². The van der Waals surface area contributed by atoms with Crippen LogP contribution in [-0.2, 0) is 0 Å².